The first-order valence-electron chi connectivity index (χ1n) is 4.30. The van der Waals surface area contributed by atoms with Crippen LogP contribution in [0.5, 0.6) is 0 Å². The lowest BCUT2D eigenvalue weighted by Crippen LogP contribution is -2.15. The number of nitrogens with one attached hydrogen (secondary N) is 1. The molecule has 2 N–H and O–H groups in total. The van der Waals surface area contributed by atoms with E-state index in [0.29, 0.717) is 5.92 Å². The van der Waals surface area contributed by atoms with Crippen LogP contribution in [0.1, 0.15) is 17.4 Å². The molecule has 0 radical (unpaired) electrons. The quantitative estimate of drug-likeness (QED) is 0.726. The Balaban J connectivity index is 2.04. The van der Waals surface area contributed by atoms with E-state index in [9.17, 15) is 5.11 Å². The summed E-state index contributed by atoms with van der Waals surface area (Å²) in [5.41, 5.74) is 0. The van der Waals surface area contributed by atoms with E-state index in [1.807, 2.05) is 17.5 Å². The summed E-state index contributed by atoms with van der Waals surface area (Å²) < 4.78 is 0. The second kappa shape index (κ2) is 3.56. The first kappa shape index (κ1) is 8.23. The van der Waals surface area contributed by atoms with E-state index in [2.05, 4.69) is 5.32 Å². The zero-order chi connectivity index (χ0) is 8.39. The number of aliphatic hydroxyl groups excluding tert-OH is 1. The summed E-state index contributed by atoms with van der Waals surface area (Å²) in [5, 5.41) is 15.2. The largest absolute Gasteiger partial charge is 0.387 e. The Hall–Kier alpha value is -0.380. The minimum atomic E-state index is -0.250. The van der Waals surface area contributed by atoms with E-state index < -0.39 is 0 Å². The first-order chi connectivity index (χ1) is 5.88. The van der Waals surface area contributed by atoms with Crippen LogP contribution in [-0.2, 0) is 0 Å². The summed E-state index contributed by atoms with van der Waals surface area (Å²) in [4.78, 5) is 1.10. The number of rotatable bonds is 2. The molecule has 1 saturated heterocycles. The monoisotopic (exact) mass is 183 g/mol. The van der Waals surface area contributed by atoms with Crippen molar-refractivity contribution in [3.05, 3.63) is 22.4 Å². The van der Waals surface area contributed by atoms with Gasteiger partial charge in [-0.05, 0) is 24.4 Å². The van der Waals surface area contributed by atoms with Crippen molar-refractivity contribution >= 4 is 11.3 Å². The molecule has 2 rings (SSSR count). The Labute approximate surface area is 76.2 Å². The maximum Gasteiger partial charge on any atom is 0.0922 e. The second-order valence-corrected chi connectivity index (χ2v) is 4.19. The van der Waals surface area contributed by atoms with Crippen molar-refractivity contribution in [1.29, 1.82) is 0 Å². The molecule has 1 aromatic rings. The van der Waals surface area contributed by atoms with Crippen molar-refractivity contribution in [2.24, 2.45) is 5.92 Å². The highest BCUT2D eigenvalue weighted by atomic mass is 32.1. The van der Waals surface area contributed by atoms with Crippen molar-refractivity contribution in [3.8, 4) is 0 Å². The topological polar surface area (TPSA) is 32.3 Å². The molecule has 0 aliphatic carbocycles. The standard InChI is InChI=1S/C9H13NOS/c11-9(7-3-4-10-6-7)8-2-1-5-12-8/h1-2,5,7,9-11H,3-4,6H2/t7-,9?/m1/s1. The Bertz CT molecular complexity index is 229. The van der Waals surface area contributed by atoms with Crippen molar-refractivity contribution in [3.63, 3.8) is 0 Å². The van der Waals surface area contributed by atoms with Crippen LogP contribution in [0.4, 0.5) is 0 Å². The molecule has 0 aromatic carbocycles. The minimum Gasteiger partial charge on any atom is -0.387 e. The lowest BCUT2D eigenvalue weighted by molar-refractivity contribution is 0.122. The summed E-state index contributed by atoms with van der Waals surface area (Å²) in [6.45, 7) is 2.01. The molecule has 12 heavy (non-hydrogen) atoms. The van der Waals surface area contributed by atoms with Gasteiger partial charge in [0.25, 0.3) is 0 Å². The lowest BCUT2D eigenvalue weighted by atomic mass is 10.0. The third-order valence-electron chi connectivity index (χ3n) is 2.38. The minimum absolute atomic E-state index is 0.250. The molecule has 3 heteroatoms. The summed E-state index contributed by atoms with van der Waals surface area (Å²) in [6, 6.07) is 4.00. The summed E-state index contributed by atoms with van der Waals surface area (Å²) in [5.74, 6) is 0.420. The van der Waals surface area contributed by atoms with E-state index in [4.69, 9.17) is 0 Å². The maximum atomic E-state index is 9.88. The van der Waals surface area contributed by atoms with Crippen LogP contribution in [-0.4, -0.2) is 18.2 Å². The van der Waals surface area contributed by atoms with Gasteiger partial charge in [-0.25, -0.2) is 0 Å². The third-order valence-corrected chi connectivity index (χ3v) is 3.32. The van der Waals surface area contributed by atoms with Crippen molar-refractivity contribution < 1.29 is 5.11 Å². The molecule has 2 heterocycles. The highest BCUT2D eigenvalue weighted by Gasteiger charge is 2.24. The van der Waals surface area contributed by atoms with E-state index in [0.717, 1.165) is 24.4 Å². The van der Waals surface area contributed by atoms with Crippen molar-refractivity contribution in [2.75, 3.05) is 13.1 Å². The second-order valence-electron chi connectivity index (χ2n) is 3.21. The van der Waals surface area contributed by atoms with Gasteiger partial charge in [-0.1, -0.05) is 6.07 Å². The highest BCUT2D eigenvalue weighted by molar-refractivity contribution is 7.10. The molecule has 0 spiro atoms. The van der Waals surface area contributed by atoms with Crippen LogP contribution in [0.25, 0.3) is 0 Å². The smallest absolute Gasteiger partial charge is 0.0922 e. The van der Waals surface area contributed by atoms with Gasteiger partial charge in [0.1, 0.15) is 0 Å². The average Bonchev–Trinajstić information content (AvgIpc) is 2.77. The van der Waals surface area contributed by atoms with E-state index in [1.54, 1.807) is 11.3 Å². The number of hydrogen-bond donors (Lipinski definition) is 2. The van der Waals surface area contributed by atoms with E-state index >= 15 is 0 Å². The molecular weight excluding hydrogens is 170 g/mol. The van der Waals surface area contributed by atoms with Gasteiger partial charge in [-0.3, -0.25) is 0 Å². The molecular formula is C9H13NOS. The molecule has 66 valence electrons. The molecule has 1 aliphatic heterocycles. The summed E-state index contributed by atoms with van der Waals surface area (Å²) in [6.07, 6.45) is 0.846. The van der Waals surface area contributed by atoms with Crippen LogP contribution in [0.2, 0.25) is 0 Å². The van der Waals surface area contributed by atoms with Gasteiger partial charge in [0.15, 0.2) is 0 Å². The van der Waals surface area contributed by atoms with Gasteiger partial charge in [0, 0.05) is 17.3 Å². The molecule has 1 fully saturated rings. The van der Waals surface area contributed by atoms with Gasteiger partial charge in [-0.15, -0.1) is 11.3 Å². The van der Waals surface area contributed by atoms with Crippen LogP contribution in [0, 0.1) is 5.92 Å². The molecule has 1 unspecified atom stereocenters. The summed E-state index contributed by atoms with van der Waals surface area (Å²) >= 11 is 1.64. The van der Waals surface area contributed by atoms with Crippen molar-refractivity contribution in [1.82, 2.24) is 5.32 Å². The van der Waals surface area contributed by atoms with Crippen molar-refractivity contribution in [2.45, 2.75) is 12.5 Å². The maximum absolute atomic E-state index is 9.88. The molecule has 0 bridgehead atoms. The van der Waals surface area contributed by atoms with Crippen LogP contribution in [0.15, 0.2) is 17.5 Å². The zero-order valence-electron chi connectivity index (χ0n) is 6.86. The highest BCUT2D eigenvalue weighted by Crippen LogP contribution is 2.29. The lowest BCUT2D eigenvalue weighted by Gasteiger charge is -2.14. The van der Waals surface area contributed by atoms with Crippen LogP contribution < -0.4 is 5.32 Å². The van der Waals surface area contributed by atoms with Crippen LogP contribution in [0.3, 0.4) is 0 Å². The van der Waals surface area contributed by atoms with E-state index in [1.165, 1.54) is 0 Å². The molecule has 2 atom stereocenters. The fourth-order valence-corrected chi connectivity index (χ4v) is 2.44. The molecule has 1 aliphatic rings. The predicted octanol–water partition coefficient (Wildman–Crippen LogP) is 1.39. The Kier molecular flexibility index (Phi) is 2.44. The Morgan fingerprint density at radius 1 is 1.67 bits per heavy atom. The normalized spacial score (nSPS) is 25.9. The molecule has 0 saturated carbocycles. The first-order valence-corrected chi connectivity index (χ1v) is 5.18. The average molecular weight is 183 g/mol. The number of hydrogen-bond acceptors (Lipinski definition) is 3. The van der Waals surface area contributed by atoms with Gasteiger partial charge in [0.2, 0.25) is 0 Å². The Morgan fingerprint density at radius 3 is 3.17 bits per heavy atom. The molecule has 2 nitrogen and oxygen atoms in total. The predicted molar refractivity (Wildman–Crippen MR) is 50.3 cm³/mol. The molecule has 0 amide bonds. The fraction of sp³-hybridized carbons (Fsp3) is 0.556. The van der Waals surface area contributed by atoms with Gasteiger partial charge >= 0.3 is 0 Å². The number of thiophene rings is 1. The Morgan fingerprint density at radius 2 is 2.58 bits per heavy atom. The number of aliphatic hydroxyl groups is 1. The van der Waals surface area contributed by atoms with Gasteiger partial charge in [0.05, 0.1) is 6.10 Å². The van der Waals surface area contributed by atoms with E-state index in [-0.39, 0.29) is 6.10 Å². The van der Waals surface area contributed by atoms with Gasteiger partial charge in [-0.2, -0.15) is 0 Å². The SMILES string of the molecule is OC(c1cccs1)[C@@H]1CCNC1. The third kappa shape index (κ3) is 1.53. The van der Waals surface area contributed by atoms with Gasteiger partial charge < -0.3 is 10.4 Å². The summed E-state index contributed by atoms with van der Waals surface area (Å²) in [7, 11) is 0. The zero-order valence-corrected chi connectivity index (χ0v) is 7.68. The molecule has 1 aromatic heterocycles. The van der Waals surface area contributed by atoms with Crippen LogP contribution >= 0.6 is 11.3 Å². The fourth-order valence-electron chi connectivity index (χ4n) is 1.64.